The Morgan fingerprint density at radius 2 is 2.36 bits per heavy atom. The van der Waals surface area contributed by atoms with Gasteiger partial charge in [0.15, 0.2) is 5.13 Å². The molecule has 0 aromatic carbocycles. The van der Waals surface area contributed by atoms with Crippen LogP contribution in [0.15, 0.2) is 11.6 Å². The first-order chi connectivity index (χ1) is 10.3. The first kappa shape index (κ1) is 17.2. The van der Waals surface area contributed by atoms with Gasteiger partial charge in [0.1, 0.15) is 0 Å². The zero-order valence-corrected chi connectivity index (χ0v) is 13.0. The maximum absolute atomic E-state index is 12.3. The number of carbonyl (C=O) groups excluding carboxylic acids is 1. The van der Waals surface area contributed by atoms with Crippen LogP contribution < -0.4 is 4.90 Å². The van der Waals surface area contributed by atoms with E-state index >= 15 is 0 Å². The van der Waals surface area contributed by atoms with E-state index in [1.165, 1.54) is 22.4 Å². The lowest BCUT2D eigenvalue weighted by Crippen LogP contribution is -2.47. The van der Waals surface area contributed by atoms with Crippen LogP contribution in [0.25, 0.3) is 0 Å². The van der Waals surface area contributed by atoms with E-state index in [-0.39, 0.29) is 12.6 Å². The van der Waals surface area contributed by atoms with Crippen LogP contribution in [-0.2, 0) is 9.53 Å². The van der Waals surface area contributed by atoms with Gasteiger partial charge in [0.2, 0.25) is 5.91 Å². The van der Waals surface area contributed by atoms with Crippen molar-refractivity contribution in [1.29, 1.82) is 0 Å². The summed E-state index contributed by atoms with van der Waals surface area (Å²) in [6, 6.07) is 0. The molecule has 0 radical (unpaired) electrons. The van der Waals surface area contributed by atoms with Gasteiger partial charge in [-0.25, -0.2) is 4.98 Å². The number of hydrogen-bond donors (Lipinski definition) is 0. The van der Waals surface area contributed by atoms with Crippen molar-refractivity contribution < 1.29 is 22.7 Å². The van der Waals surface area contributed by atoms with E-state index in [0.29, 0.717) is 18.3 Å². The molecule has 0 N–H and O–H groups in total. The van der Waals surface area contributed by atoms with Crippen LogP contribution in [0, 0.1) is 0 Å². The molecule has 1 atom stereocenters. The van der Waals surface area contributed by atoms with Gasteiger partial charge in [0.05, 0.1) is 25.7 Å². The van der Waals surface area contributed by atoms with Gasteiger partial charge in [-0.15, -0.1) is 11.3 Å². The van der Waals surface area contributed by atoms with E-state index in [1.807, 2.05) is 7.05 Å². The van der Waals surface area contributed by atoms with Crippen LogP contribution >= 0.6 is 11.3 Å². The third kappa shape index (κ3) is 5.22. The molecule has 1 aromatic heterocycles. The zero-order valence-electron chi connectivity index (χ0n) is 12.2. The quantitative estimate of drug-likeness (QED) is 0.826. The zero-order chi connectivity index (χ0) is 16.2. The summed E-state index contributed by atoms with van der Waals surface area (Å²) >= 11 is 1.23. The highest BCUT2D eigenvalue weighted by atomic mass is 32.1. The maximum atomic E-state index is 12.3. The molecule has 1 unspecified atom stereocenters. The van der Waals surface area contributed by atoms with Crippen LogP contribution in [0.4, 0.5) is 18.3 Å². The molecule has 124 valence electrons. The van der Waals surface area contributed by atoms with Gasteiger partial charge in [0.25, 0.3) is 0 Å². The Kier molecular flexibility index (Phi) is 5.76. The van der Waals surface area contributed by atoms with Crippen LogP contribution in [0.2, 0.25) is 0 Å². The van der Waals surface area contributed by atoms with E-state index in [4.69, 9.17) is 4.74 Å². The highest BCUT2D eigenvalue weighted by Gasteiger charge is 2.31. The summed E-state index contributed by atoms with van der Waals surface area (Å²) in [5.41, 5.74) is 0. The van der Waals surface area contributed by atoms with Gasteiger partial charge in [-0.05, 0) is 7.05 Å². The Bertz CT molecular complexity index is 481. The second-order valence-electron chi connectivity index (χ2n) is 5.19. The van der Waals surface area contributed by atoms with Crippen molar-refractivity contribution in [3.05, 3.63) is 11.6 Å². The van der Waals surface area contributed by atoms with Crippen molar-refractivity contribution in [2.45, 2.75) is 25.1 Å². The molecule has 2 rings (SSSR count). The first-order valence-corrected chi connectivity index (χ1v) is 7.80. The topological polar surface area (TPSA) is 45.7 Å². The predicted molar refractivity (Wildman–Crippen MR) is 77.0 cm³/mol. The summed E-state index contributed by atoms with van der Waals surface area (Å²) in [4.78, 5) is 19.6. The third-order valence-electron chi connectivity index (χ3n) is 3.30. The van der Waals surface area contributed by atoms with Crippen LogP contribution in [0.1, 0.15) is 12.8 Å². The number of nitrogens with zero attached hydrogens (tertiary/aromatic N) is 3. The van der Waals surface area contributed by atoms with Crippen molar-refractivity contribution in [2.75, 3.05) is 38.2 Å². The number of rotatable bonds is 5. The largest absolute Gasteiger partial charge is 0.389 e. The molecule has 1 aliphatic heterocycles. The minimum atomic E-state index is -4.34. The summed E-state index contributed by atoms with van der Waals surface area (Å²) in [5, 5.41) is 2.09. The molecule has 0 bridgehead atoms. The Labute approximate surface area is 130 Å². The highest BCUT2D eigenvalue weighted by Crippen LogP contribution is 2.25. The molecule has 5 nitrogen and oxygen atoms in total. The molecule has 1 aliphatic rings. The van der Waals surface area contributed by atoms with E-state index in [1.54, 1.807) is 5.38 Å². The molecule has 0 saturated carbocycles. The molecule has 1 amide bonds. The monoisotopic (exact) mass is 337 g/mol. The molecule has 0 spiro atoms. The molecule has 0 aliphatic carbocycles. The minimum absolute atomic E-state index is 0.217. The number of likely N-dealkylation sites (N-methyl/N-ethyl adjacent to an activating group) is 1. The Balaban J connectivity index is 2.01. The van der Waals surface area contributed by atoms with Crippen molar-refractivity contribution >= 4 is 22.4 Å². The van der Waals surface area contributed by atoms with Crippen LogP contribution in [0.5, 0.6) is 0 Å². The fourth-order valence-electron chi connectivity index (χ4n) is 2.20. The second kappa shape index (κ2) is 7.38. The molecule has 1 saturated heterocycles. The Morgan fingerprint density at radius 3 is 2.95 bits per heavy atom. The van der Waals surface area contributed by atoms with Crippen molar-refractivity contribution in [3.63, 3.8) is 0 Å². The van der Waals surface area contributed by atoms with E-state index in [2.05, 4.69) is 9.88 Å². The number of aromatic nitrogens is 1. The number of anilines is 1. The Hall–Kier alpha value is -1.19. The summed E-state index contributed by atoms with van der Waals surface area (Å²) in [7, 11) is 1.94. The number of ether oxygens (including phenoxy) is 1. The maximum Gasteiger partial charge on any atom is 0.389 e. The number of morpholine rings is 1. The van der Waals surface area contributed by atoms with Gasteiger partial charge in [0, 0.05) is 31.1 Å². The Morgan fingerprint density at radius 1 is 1.59 bits per heavy atom. The van der Waals surface area contributed by atoms with Crippen molar-refractivity contribution in [2.24, 2.45) is 0 Å². The molecule has 2 heterocycles. The van der Waals surface area contributed by atoms with E-state index in [0.717, 1.165) is 6.54 Å². The number of amides is 1. The summed E-state index contributed by atoms with van der Waals surface area (Å²) in [6.07, 6.45) is -4.74. The molecular formula is C13H18F3N3O2S. The standard InChI is InChI=1S/C13H18F3N3O2S/c1-18-5-6-21-10(8-18)9-19(12-17-4-7-22-12)11(20)2-3-13(14,15)16/h4,7,10H,2-3,5-6,8-9H2,1H3. The lowest BCUT2D eigenvalue weighted by molar-refractivity contribution is -0.143. The van der Waals surface area contributed by atoms with Gasteiger partial charge >= 0.3 is 6.18 Å². The van der Waals surface area contributed by atoms with Crippen molar-refractivity contribution in [1.82, 2.24) is 9.88 Å². The van der Waals surface area contributed by atoms with E-state index in [9.17, 15) is 18.0 Å². The van der Waals surface area contributed by atoms with E-state index < -0.39 is 24.9 Å². The molecule has 22 heavy (non-hydrogen) atoms. The number of halogens is 3. The molecular weight excluding hydrogens is 319 g/mol. The average molecular weight is 337 g/mol. The van der Waals surface area contributed by atoms with Gasteiger partial charge in [-0.2, -0.15) is 13.2 Å². The molecule has 9 heteroatoms. The smallest absolute Gasteiger partial charge is 0.374 e. The number of carbonyl (C=O) groups is 1. The summed E-state index contributed by atoms with van der Waals surface area (Å²) in [6.45, 7) is 2.20. The number of thiazole rings is 1. The lowest BCUT2D eigenvalue weighted by Gasteiger charge is -2.33. The normalized spacial score (nSPS) is 20.1. The molecule has 1 fully saturated rings. The van der Waals surface area contributed by atoms with Crippen molar-refractivity contribution in [3.8, 4) is 0 Å². The SMILES string of the molecule is CN1CCOC(CN(C(=O)CCC(F)(F)F)c2nccs2)C1. The fraction of sp³-hybridized carbons (Fsp3) is 0.692. The minimum Gasteiger partial charge on any atom is -0.374 e. The summed E-state index contributed by atoms with van der Waals surface area (Å²) in [5.74, 6) is -0.580. The number of hydrogen-bond acceptors (Lipinski definition) is 5. The third-order valence-corrected chi connectivity index (χ3v) is 4.10. The number of alkyl halides is 3. The van der Waals surface area contributed by atoms with Gasteiger partial charge in [-0.3, -0.25) is 9.69 Å². The van der Waals surface area contributed by atoms with Crippen LogP contribution in [-0.4, -0.2) is 61.4 Å². The fourth-order valence-corrected chi connectivity index (χ4v) is 2.87. The predicted octanol–water partition coefficient (Wildman–Crippen LogP) is 2.15. The van der Waals surface area contributed by atoms with Gasteiger partial charge in [-0.1, -0.05) is 0 Å². The lowest BCUT2D eigenvalue weighted by atomic mass is 10.2. The van der Waals surface area contributed by atoms with Crippen LogP contribution in [0.3, 0.4) is 0 Å². The molecule has 1 aromatic rings. The van der Waals surface area contributed by atoms with Gasteiger partial charge < -0.3 is 9.64 Å². The highest BCUT2D eigenvalue weighted by molar-refractivity contribution is 7.13. The summed E-state index contributed by atoms with van der Waals surface area (Å²) < 4.78 is 42.5. The second-order valence-corrected chi connectivity index (χ2v) is 6.06. The average Bonchev–Trinajstić information content (AvgIpc) is 2.95. The first-order valence-electron chi connectivity index (χ1n) is 6.92.